The number of hydrogen-bond donors (Lipinski definition) is 2. The third-order valence-electron chi connectivity index (χ3n) is 2.65. The number of nitrogens with two attached hydrogens (primary N) is 1. The molecule has 1 saturated heterocycles. The summed E-state index contributed by atoms with van der Waals surface area (Å²) in [5.41, 5.74) is 7.98. The van der Waals surface area contributed by atoms with Gasteiger partial charge >= 0.3 is 0 Å². The van der Waals surface area contributed by atoms with Gasteiger partial charge in [0.1, 0.15) is 0 Å². The molecule has 1 aromatic carbocycles. The van der Waals surface area contributed by atoms with E-state index in [2.05, 4.69) is 23.2 Å². The van der Waals surface area contributed by atoms with Crippen molar-refractivity contribution in [2.24, 2.45) is 0 Å². The van der Waals surface area contributed by atoms with Gasteiger partial charge in [-0.2, -0.15) is 0 Å². The van der Waals surface area contributed by atoms with Crippen LogP contribution in [0.2, 0.25) is 0 Å². The van der Waals surface area contributed by atoms with Gasteiger partial charge in [0.25, 0.3) is 0 Å². The molecule has 14 heavy (non-hydrogen) atoms. The number of nitrogen functional groups attached to an aromatic ring is 1. The average Bonchev–Trinajstić information content (AvgIpc) is 2.18. The number of anilines is 2. The molecular weight excluding hydrogens is 174 g/mol. The predicted octanol–water partition coefficient (Wildman–Crippen LogP) is 1.07. The summed E-state index contributed by atoms with van der Waals surface area (Å²) in [6.45, 7) is 5.31. The summed E-state index contributed by atoms with van der Waals surface area (Å²) in [6.07, 6.45) is 0. The normalized spacial score (nSPS) is 22.4. The molecule has 3 heteroatoms. The van der Waals surface area contributed by atoms with Crippen LogP contribution in [0.5, 0.6) is 0 Å². The summed E-state index contributed by atoms with van der Waals surface area (Å²) in [5, 5.41) is 3.42. The molecule has 0 spiro atoms. The van der Waals surface area contributed by atoms with Crippen LogP contribution in [0.1, 0.15) is 6.92 Å². The van der Waals surface area contributed by atoms with E-state index >= 15 is 0 Å². The maximum atomic E-state index is 5.93. The molecule has 0 aromatic heterocycles. The number of para-hydroxylation sites is 2. The molecule has 1 aromatic rings. The van der Waals surface area contributed by atoms with Gasteiger partial charge in [0, 0.05) is 25.7 Å². The van der Waals surface area contributed by atoms with Gasteiger partial charge in [0.2, 0.25) is 0 Å². The molecule has 1 unspecified atom stereocenters. The van der Waals surface area contributed by atoms with Crippen molar-refractivity contribution in [1.29, 1.82) is 0 Å². The third-order valence-corrected chi connectivity index (χ3v) is 2.65. The highest BCUT2D eigenvalue weighted by atomic mass is 15.2. The third kappa shape index (κ3) is 1.82. The molecule has 1 aliphatic rings. The van der Waals surface area contributed by atoms with E-state index in [-0.39, 0.29) is 0 Å². The Hall–Kier alpha value is -1.22. The first kappa shape index (κ1) is 9.34. The molecule has 0 amide bonds. The van der Waals surface area contributed by atoms with Crippen molar-refractivity contribution in [3.63, 3.8) is 0 Å². The van der Waals surface area contributed by atoms with E-state index in [4.69, 9.17) is 5.73 Å². The van der Waals surface area contributed by atoms with Gasteiger partial charge in [-0.15, -0.1) is 0 Å². The van der Waals surface area contributed by atoms with Gasteiger partial charge in [0.15, 0.2) is 0 Å². The lowest BCUT2D eigenvalue weighted by molar-refractivity contribution is 0.485. The summed E-state index contributed by atoms with van der Waals surface area (Å²) >= 11 is 0. The second-order valence-corrected chi connectivity index (χ2v) is 3.86. The lowest BCUT2D eigenvalue weighted by Crippen LogP contribution is -2.49. The predicted molar refractivity (Wildman–Crippen MR) is 60.5 cm³/mol. The first-order chi connectivity index (χ1) is 6.77. The van der Waals surface area contributed by atoms with Gasteiger partial charge in [-0.05, 0) is 19.1 Å². The highest BCUT2D eigenvalue weighted by molar-refractivity contribution is 5.67. The van der Waals surface area contributed by atoms with Gasteiger partial charge < -0.3 is 16.0 Å². The highest BCUT2D eigenvalue weighted by Gasteiger charge is 2.16. The second kappa shape index (κ2) is 3.88. The Morgan fingerprint density at radius 3 is 2.93 bits per heavy atom. The minimum atomic E-state index is 0.545. The van der Waals surface area contributed by atoms with Crippen LogP contribution in [0.25, 0.3) is 0 Å². The summed E-state index contributed by atoms with van der Waals surface area (Å²) in [7, 11) is 0. The molecule has 3 N–H and O–H groups in total. The zero-order valence-corrected chi connectivity index (χ0v) is 8.53. The molecule has 3 nitrogen and oxygen atoms in total. The topological polar surface area (TPSA) is 41.3 Å². The fraction of sp³-hybridized carbons (Fsp3) is 0.455. The van der Waals surface area contributed by atoms with Gasteiger partial charge in [-0.3, -0.25) is 0 Å². The number of rotatable bonds is 1. The Morgan fingerprint density at radius 2 is 2.21 bits per heavy atom. The number of piperazine rings is 1. The fourth-order valence-corrected chi connectivity index (χ4v) is 1.93. The standard InChI is InChI=1S/C11H17N3/c1-9-8-14(7-6-13-9)11-5-3-2-4-10(11)12/h2-5,9,13H,6-8,12H2,1H3. The van der Waals surface area contributed by atoms with Gasteiger partial charge in [-0.25, -0.2) is 0 Å². The first-order valence-corrected chi connectivity index (χ1v) is 5.10. The van der Waals surface area contributed by atoms with Crippen LogP contribution in [-0.4, -0.2) is 25.7 Å². The molecule has 1 aliphatic heterocycles. The maximum Gasteiger partial charge on any atom is 0.0600 e. The van der Waals surface area contributed by atoms with Crippen LogP contribution < -0.4 is 16.0 Å². The molecule has 1 fully saturated rings. The van der Waals surface area contributed by atoms with Gasteiger partial charge in [-0.1, -0.05) is 12.1 Å². The fourth-order valence-electron chi connectivity index (χ4n) is 1.93. The van der Waals surface area contributed by atoms with Crippen LogP contribution in [-0.2, 0) is 0 Å². The van der Waals surface area contributed by atoms with E-state index in [1.165, 1.54) is 5.69 Å². The van der Waals surface area contributed by atoms with Crippen molar-refractivity contribution >= 4 is 11.4 Å². The quantitative estimate of drug-likeness (QED) is 0.652. The number of nitrogens with zero attached hydrogens (tertiary/aromatic N) is 1. The average molecular weight is 191 g/mol. The van der Waals surface area contributed by atoms with Crippen LogP contribution >= 0.6 is 0 Å². The monoisotopic (exact) mass is 191 g/mol. The van der Waals surface area contributed by atoms with E-state index in [0.717, 1.165) is 25.3 Å². The van der Waals surface area contributed by atoms with Crippen LogP contribution in [0.3, 0.4) is 0 Å². The van der Waals surface area contributed by atoms with E-state index in [1.54, 1.807) is 0 Å². The zero-order valence-electron chi connectivity index (χ0n) is 8.53. The SMILES string of the molecule is CC1CN(c2ccccc2N)CCN1. The Morgan fingerprint density at radius 1 is 1.43 bits per heavy atom. The summed E-state index contributed by atoms with van der Waals surface area (Å²) in [6, 6.07) is 8.61. The summed E-state index contributed by atoms with van der Waals surface area (Å²) in [4.78, 5) is 2.34. The van der Waals surface area contributed by atoms with E-state index < -0.39 is 0 Å². The first-order valence-electron chi connectivity index (χ1n) is 5.10. The van der Waals surface area contributed by atoms with Gasteiger partial charge in [0.05, 0.1) is 11.4 Å². The molecule has 0 bridgehead atoms. The Balaban J connectivity index is 2.18. The molecule has 1 atom stereocenters. The Kier molecular flexibility index (Phi) is 2.59. The van der Waals surface area contributed by atoms with Crippen molar-refractivity contribution < 1.29 is 0 Å². The van der Waals surface area contributed by atoms with E-state index in [9.17, 15) is 0 Å². The summed E-state index contributed by atoms with van der Waals surface area (Å²) in [5.74, 6) is 0. The highest BCUT2D eigenvalue weighted by Crippen LogP contribution is 2.23. The molecule has 2 rings (SSSR count). The van der Waals surface area contributed by atoms with Crippen molar-refractivity contribution in [2.75, 3.05) is 30.3 Å². The molecule has 0 radical (unpaired) electrons. The number of benzene rings is 1. The molecule has 1 heterocycles. The Bertz CT molecular complexity index is 311. The van der Waals surface area contributed by atoms with Crippen molar-refractivity contribution in [1.82, 2.24) is 5.32 Å². The number of hydrogen-bond acceptors (Lipinski definition) is 3. The lowest BCUT2D eigenvalue weighted by Gasteiger charge is -2.34. The number of nitrogens with one attached hydrogen (secondary N) is 1. The van der Waals surface area contributed by atoms with Crippen molar-refractivity contribution in [3.8, 4) is 0 Å². The molecule has 0 aliphatic carbocycles. The molecular formula is C11H17N3. The van der Waals surface area contributed by atoms with Crippen LogP contribution in [0, 0.1) is 0 Å². The van der Waals surface area contributed by atoms with E-state index in [0.29, 0.717) is 6.04 Å². The maximum absolute atomic E-state index is 5.93. The minimum Gasteiger partial charge on any atom is -0.397 e. The molecule has 76 valence electrons. The largest absolute Gasteiger partial charge is 0.397 e. The van der Waals surface area contributed by atoms with Crippen LogP contribution in [0.15, 0.2) is 24.3 Å². The van der Waals surface area contributed by atoms with Crippen LogP contribution in [0.4, 0.5) is 11.4 Å². The second-order valence-electron chi connectivity index (χ2n) is 3.86. The summed E-state index contributed by atoms with van der Waals surface area (Å²) < 4.78 is 0. The van der Waals surface area contributed by atoms with E-state index in [1.807, 2.05) is 18.2 Å². The van der Waals surface area contributed by atoms with Crippen molar-refractivity contribution in [2.45, 2.75) is 13.0 Å². The minimum absolute atomic E-state index is 0.545. The Labute approximate surface area is 84.9 Å². The lowest BCUT2D eigenvalue weighted by atomic mass is 10.2. The smallest absolute Gasteiger partial charge is 0.0600 e. The molecule has 0 saturated carbocycles. The van der Waals surface area contributed by atoms with Crippen molar-refractivity contribution in [3.05, 3.63) is 24.3 Å². The zero-order chi connectivity index (χ0) is 9.97.